The Morgan fingerprint density at radius 1 is 1.03 bits per heavy atom. The zero-order chi connectivity index (χ0) is 21.7. The van der Waals surface area contributed by atoms with E-state index in [9.17, 15) is 22.8 Å². The van der Waals surface area contributed by atoms with E-state index in [1.807, 2.05) is 12.1 Å². The van der Waals surface area contributed by atoms with E-state index in [2.05, 4.69) is 0 Å². The second-order valence-electron chi connectivity index (χ2n) is 7.12. The largest absolute Gasteiger partial charge is 0.481 e. The van der Waals surface area contributed by atoms with Gasteiger partial charge in [0, 0.05) is 22.6 Å². The van der Waals surface area contributed by atoms with Gasteiger partial charge in [-0.25, -0.2) is 0 Å². The summed E-state index contributed by atoms with van der Waals surface area (Å²) >= 11 is 1.65. The number of carbonyl (C=O) groups excluding carboxylic acids is 1. The molecule has 1 aliphatic rings. The first-order valence-electron chi connectivity index (χ1n) is 9.73. The van der Waals surface area contributed by atoms with Gasteiger partial charge in [0.1, 0.15) is 0 Å². The van der Waals surface area contributed by atoms with Crippen molar-refractivity contribution in [2.75, 3.05) is 10.7 Å². The number of halogens is 3. The molecule has 0 saturated carbocycles. The number of hydrogen-bond donors (Lipinski definition) is 1. The number of carbonyl (C=O) groups is 2. The molecule has 2 aromatic carbocycles. The number of hydrogen-bond acceptors (Lipinski definition) is 3. The Balaban J connectivity index is 1.61. The topological polar surface area (TPSA) is 57.6 Å². The van der Waals surface area contributed by atoms with Crippen molar-refractivity contribution >= 4 is 29.3 Å². The van der Waals surface area contributed by atoms with Gasteiger partial charge in [0.15, 0.2) is 0 Å². The van der Waals surface area contributed by atoms with Crippen molar-refractivity contribution in [2.45, 2.75) is 49.7 Å². The van der Waals surface area contributed by atoms with Crippen molar-refractivity contribution in [1.29, 1.82) is 0 Å². The number of unbranched alkanes of at least 4 members (excludes halogenated alkanes) is 3. The maximum absolute atomic E-state index is 12.8. The molecule has 0 radical (unpaired) electrons. The summed E-state index contributed by atoms with van der Waals surface area (Å²) in [5.41, 5.74) is 1.19. The number of aliphatic carboxylic acids is 1. The molecule has 30 heavy (non-hydrogen) atoms. The maximum Gasteiger partial charge on any atom is 0.416 e. The van der Waals surface area contributed by atoms with Crippen LogP contribution in [0, 0.1) is 0 Å². The molecule has 8 heteroatoms. The number of rotatable bonds is 9. The molecule has 0 fully saturated rings. The first-order chi connectivity index (χ1) is 14.3. The zero-order valence-corrected chi connectivity index (χ0v) is 17.1. The van der Waals surface area contributed by atoms with Gasteiger partial charge in [-0.3, -0.25) is 9.59 Å². The maximum atomic E-state index is 12.8. The Morgan fingerprint density at radius 2 is 1.73 bits per heavy atom. The van der Waals surface area contributed by atoms with Crippen LogP contribution in [-0.4, -0.2) is 22.7 Å². The number of thioether (sulfide) groups is 1. The minimum atomic E-state index is -4.41. The molecule has 1 aliphatic heterocycles. The molecule has 4 nitrogen and oxygen atoms in total. The minimum Gasteiger partial charge on any atom is -0.481 e. The molecular weight excluding hydrogens is 415 g/mol. The van der Waals surface area contributed by atoms with E-state index in [0.717, 1.165) is 47.6 Å². The van der Waals surface area contributed by atoms with E-state index in [4.69, 9.17) is 5.11 Å². The summed E-state index contributed by atoms with van der Waals surface area (Å²) in [5.74, 6) is -0.120. The average molecular weight is 437 g/mol. The molecule has 1 amide bonds. The van der Waals surface area contributed by atoms with Crippen molar-refractivity contribution in [2.24, 2.45) is 0 Å². The van der Waals surface area contributed by atoms with E-state index in [1.54, 1.807) is 17.8 Å². The van der Waals surface area contributed by atoms with Crippen molar-refractivity contribution < 1.29 is 27.9 Å². The van der Waals surface area contributed by atoms with Crippen molar-refractivity contribution in [3.8, 4) is 0 Å². The van der Waals surface area contributed by atoms with Crippen LogP contribution in [0.2, 0.25) is 0 Å². The Kier molecular flexibility index (Phi) is 7.07. The highest BCUT2D eigenvalue weighted by Crippen LogP contribution is 2.36. The van der Waals surface area contributed by atoms with Gasteiger partial charge >= 0.3 is 12.1 Å². The van der Waals surface area contributed by atoms with Gasteiger partial charge in [0.2, 0.25) is 0 Å². The lowest BCUT2D eigenvalue weighted by Crippen LogP contribution is -2.23. The molecule has 1 heterocycles. The fourth-order valence-corrected chi connectivity index (χ4v) is 4.48. The number of benzene rings is 2. The summed E-state index contributed by atoms with van der Waals surface area (Å²) in [6, 6.07) is 10.2. The molecule has 0 bridgehead atoms. The SMILES string of the molecule is O=C(O)CCCCCCSc1cccc2c1CN(c1ccc(C(F)(F)F)cc1)C2=O. The first-order valence-corrected chi connectivity index (χ1v) is 10.7. The van der Waals surface area contributed by atoms with Gasteiger partial charge in [-0.15, -0.1) is 11.8 Å². The molecule has 0 atom stereocenters. The van der Waals surface area contributed by atoms with E-state index in [0.29, 0.717) is 24.2 Å². The number of carboxylic acid groups (broad SMARTS) is 1. The van der Waals surface area contributed by atoms with Crippen LogP contribution in [0.5, 0.6) is 0 Å². The van der Waals surface area contributed by atoms with Crippen molar-refractivity contribution in [3.05, 3.63) is 59.2 Å². The van der Waals surface area contributed by atoms with Gasteiger partial charge in [0.05, 0.1) is 12.1 Å². The van der Waals surface area contributed by atoms with Crippen LogP contribution in [0.25, 0.3) is 0 Å². The molecular formula is C22H22F3NO3S. The molecule has 0 unspecified atom stereocenters. The van der Waals surface area contributed by atoms with Crippen LogP contribution in [0.3, 0.4) is 0 Å². The van der Waals surface area contributed by atoms with E-state index in [1.165, 1.54) is 17.0 Å². The highest BCUT2D eigenvalue weighted by Gasteiger charge is 2.33. The third-order valence-electron chi connectivity index (χ3n) is 4.97. The summed E-state index contributed by atoms with van der Waals surface area (Å²) in [6.45, 7) is 0.335. The van der Waals surface area contributed by atoms with Crippen LogP contribution >= 0.6 is 11.8 Å². The van der Waals surface area contributed by atoms with Crippen LogP contribution in [-0.2, 0) is 17.5 Å². The lowest BCUT2D eigenvalue weighted by atomic mass is 10.1. The van der Waals surface area contributed by atoms with Gasteiger partial charge < -0.3 is 10.0 Å². The Labute approximate surface area is 177 Å². The van der Waals surface area contributed by atoms with Crippen LogP contribution in [0.4, 0.5) is 18.9 Å². The molecule has 1 N–H and O–H groups in total. The monoisotopic (exact) mass is 437 g/mol. The average Bonchev–Trinajstić information content (AvgIpc) is 3.04. The molecule has 0 aromatic heterocycles. The van der Waals surface area contributed by atoms with Crippen molar-refractivity contribution in [1.82, 2.24) is 0 Å². The number of carboxylic acids is 1. The fraction of sp³-hybridized carbons (Fsp3) is 0.364. The predicted molar refractivity (Wildman–Crippen MR) is 110 cm³/mol. The fourth-order valence-electron chi connectivity index (χ4n) is 3.39. The lowest BCUT2D eigenvalue weighted by molar-refractivity contribution is -0.138. The third-order valence-corrected chi connectivity index (χ3v) is 6.16. The third kappa shape index (κ3) is 5.36. The first kappa shape index (κ1) is 22.2. The molecule has 160 valence electrons. The number of anilines is 1. The summed E-state index contributed by atoms with van der Waals surface area (Å²) < 4.78 is 38.4. The van der Waals surface area contributed by atoms with Crippen LogP contribution in [0.15, 0.2) is 47.4 Å². The van der Waals surface area contributed by atoms with E-state index >= 15 is 0 Å². The van der Waals surface area contributed by atoms with Gasteiger partial charge in [-0.1, -0.05) is 18.9 Å². The number of amides is 1. The summed E-state index contributed by atoms with van der Waals surface area (Å²) in [7, 11) is 0. The summed E-state index contributed by atoms with van der Waals surface area (Å²) in [6.07, 6.45) is -0.761. The Bertz CT molecular complexity index is 913. The predicted octanol–water partition coefficient (Wildman–Crippen LogP) is 5.99. The van der Waals surface area contributed by atoms with E-state index < -0.39 is 17.7 Å². The summed E-state index contributed by atoms with van der Waals surface area (Å²) in [5, 5.41) is 8.64. The molecule has 2 aromatic rings. The van der Waals surface area contributed by atoms with Gasteiger partial charge in [0.25, 0.3) is 5.91 Å². The molecule has 0 saturated heterocycles. The standard InChI is InChI=1S/C22H22F3NO3S/c23-22(24,25)15-9-11-16(12-10-15)26-14-18-17(21(26)29)6-5-7-19(18)30-13-4-2-1-3-8-20(27)28/h5-7,9-12H,1-4,8,13-14H2,(H,27,28). The lowest BCUT2D eigenvalue weighted by Gasteiger charge is -2.17. The Morgan fingerprint density at radius 3 is 2.40 bits per heavy atom. The van der Waals surface area contributed by atoms with Crippen LogP contribution < -0.4 is 4.90 Å². The van der Waals surface area contributed by atoms with E-state index in [-0.39, 0.29) is 12.3 Å². The van der Waals surface area contributed by atoms with Crippen LogP contribution in [0.1, 0.15) is 53.6 Å². The molecule has 0 spiro atoms. The second kappa shape index (κ2) is 9.55. The molecule has 3 rings (SSSR count). The quantitative estimate of drug-likeness (QED) is 0.387. The number of alkyl halides is 3. The highest BCUT2D eigenvalue weighted by atomic mass is 32.2. The van der Waals surface area contributed by atoms with Gasteiger partial charge in [-0.05, 0) is 60.6 Å². The Hall–Kier alpha value is -2.48. The minimum absolute atomic E-state index is 0.196. The highest BCUT2D eigenvalue weighted by molar-refractivity contribution is 7.99. The second-order valence-corrected chi connectivity index (χ2v) is 8.26. The molecule has 0 aliphatic carbocycles. The smallest absolute Gasteiger partial charge is 0.416 e. The summed E-state index contributed by atoms with van der Waals surface area (Å²) in [4.78, 5) is 25.8. The number of nitrogens with zero attached hydrogens (tertiary/aromatic N) is 1. The van der Waals surface area contributed by atoms with Crippen molar-refractivity contribution in [3.63, 3.8) is 0 Å². The normalized spacial score (nSPS) is 13.6. The zero-order valence-electron chi connectivity index (χ0n) is 16.2. The van der Waals surface area contributed by atoms with Gasteiger partial charge in [-0.2, -0.15) is 13.2 Å². The number of fused-ring (bicyclic) bond motifs is 1.